The van der Waals surface area contributed by atoms with Gasteiger partial charge in [0, 0.05) is 15.7 Å². The molecule has 1 aliphatic rings. The molecule has 1 aliphatic heterocycles. The van der Waals surface area contributed by atoms with Crippen LogP contribution in [0.25, 0.3) is 22.4 Å². The smallest absolute Gasteiger partial charge is 0.407 e. The van der Waals surface area contributed by atoms with Gasteiger partial charge in [-0.3, -0.25) is 4.79 Å². The molecule has 0 spiro atoms. The molecule has 2 atom stereocenters. The first kappa shape index (κ1) is 28.1. The molecule has 8 heteroatoms. The predicted molar refractivity (Wildman–Crippen MR) is 159 cm³/mol. The molecule has 1 fully saturated rings. The standard InChI is InChI=1S/C30H37IN4O3/c1-18(2)26(34-29(37)38-6)28(36)35-14-8-11-25(35)27-32-17-24(33-27)20-12-13-23(31)22(16-20)19-9-7-10-21(15-19)30(3,4)5/h7,9-10,12-13,15-18,25-26H,8,11,14H2,1-6H3,(H,32,33)(H,34,37)/t25?,26-/m0/s1. The van der Waals surface area contributed by atoms with Gasteiger partial charge in [-0.15, -0.1) is 0 Å². The molecule has 2 aromatic carbocycles. The van der Waals surface area contributed by atoms with Crippen LogP contribution in [0.2, 0.25) is 0 Å². The number of rotatable bonds is 6. The fourth-order valence-electron chi connectivity index (χ4n) is 4.91. The fourth-order valence-corrected chi connectivity index (χ4v) is 5.56. The number of aromatic nitrogens is 2. The van der Waals surface area contributed by atoms with Gasteiger partial charge < -0.3 is 19.9 Å². The number of halogens is 1. The molecule has 4 rings (SSSR count). The first-order valence-electron chi connectivity index (χ1n) is 13.1. The summed E-state index contributed by atoms with van der Waals surface area (Å²) in [7, 11) is 1.30. The summed E-state index contributed by atoms with van der Waals surface area (Å²) in [6, 6.07) is 14.4. The maximum absolute atomic E-state index is 13.4. The van der Waals surface area contributed by atoms with Crippen molar-refractivity contribution in [2.75, 3.05) is 13.7 Å². The van der Waals surface area contributed by atoms with Crippen LogP contribution in [0, 0.1) is 9.49 Å². The van der Waals surface area contributed by atoms with Gasteiger partial charge in [0.25, 0.3) is 0 Å². The summed E-state index contributed by atoms with van der Waals surface area (Å²) in [6.07, 6.45) is 2.95. The number of imidazole rings is 1. The van der Waals surface area contributed by atoms with E-state index in [0.717, 1.165) is 29.9 Å². The van der Waals surface area contributed by atoms with Crippen molar-refractivity contribution in [1.82, 2.24) is 20.2 Å². The van der Waals surface area contributed by atoms with Gasteiger partial charge in [-0.2, -0.15) is 0 Å². The number of amides is 2. The average Bonchev–Trinajstić information content (AvgIpc) is 3.56. The molecule has 0 bridgehead atoms. The van der Waals surface area contributed by atoms with Gasteiger partial charge in [0.05, 0.1) is 25.0 Å². The fraction of sp³-hybridized carbons (Fsp3) is 0.433. The van der Waals surface area contributed by atoms with Crippen LogP contribution in [0.5, 0.6) is 0 Å². The highest BCUT2D eigenvalue weighted by atomic mass is 127. The van der Waals surface area contributed by atoms with E-state index in [0.29, 0.717) is 6.54 Å². The van der Waals surface area contributed by atoms with E-state index in [1.807, 2.05) is 24.9 Å². The molecule has 2 heterocycles. The summed E-state index contributed by atoms with van der Waals surface area (Å²) in [6.45, 7) is 11.1. The lowest BCUT2D eigenvalue weighted by Gasteiger charge is -2.30. The number of methoxy groups -OCH3 is 1. The molecule has 2 amide bonds. The third-order valence-electron chi connectivity index (χ3n) is 7.16. The number of benzene rings is 2. The molecule has 3 aromatic rings. The minimum Gasteiger partial charge on any atom is -0.453 e. The number of likely N-dealkylation sites (tertiary alicyclic amines) is 1. The Morgan fingerprint density at radius 3 is 2.61 bits per heavy atom. The van der Waals surface area contributed by atoms with E-state index in [1.165, 1.54) is 27.4 Å². The second kappa shape index (κ2) is 11.5. The lowest BCUT2D eigenvalue weighted by atomic mass is 9.85. The number of H-pyrrole nitrogens is 1. The highest BCUT2D eigenvalue weighted by Gasteiger charge is 2.37. The molecular formula is C30H37IN4O3. The maximum Gasteiger partial charge on any atom is 0.407 e. The van der Waals surface area contributed by atoms with Crippen molar-refractivity contribution >= 4 is 34.6 Å². The van der Waals surface area contributed by atoms with E-state index in [9.17, 15) is 9.59 Å². The average molecular weight is 629 g/mol. The zero-order valence-electron chi connectivity index (χ0n) is 23.0. The molecule has 1 aromatic heterocycles. The Hall–Kier alpha value is -2.88. The third-order valence-corrected chi connectivity index (χ3v) is 8.10. The van der Waals surface area contributed by atoms with Crippen LogP contribution in [0.3, 0.4) is 0 Å². The summed E-state index contributed by atoms with van der Waals surface area (Å²) in [5, 5.41) is 2.70. The summed E-state index contributed by atoms with van der Waals surface area (Å²) in [5.74, 6) is 0.583. The van der Waals surface area contributed by atoms with E-state index < -0.39 is 12.1 Å². The normalized spacial score (nSPS) is 16.5. The predicted octanol–water partition coefficient (Wildman–Crippen LogP) is 6.69. The SMILES string of the molecule is COC(=O)N[C@H](C(=O)N1CCCC1c1ncc(-c2ccc(I)c(-c3cccc(C(C)(C)C)c3)c2)[nH]1)C(C)C. The molecule has 0 radical (unpaired) electrons. The molecule has 0 aliphatic carbocycles. The molecule has 7 nitrogen and oxygen atoms in total. The molecule has 0 saturated carbocycles. The molecular weight excluding hydrogens is 591 g/mol. The summed E-state index contributed by atoms with van der Waals surface area (Å²) >= 11 is 2.39. The van der Waals surface area contributed by atoms with Crippen LogP contribution >= 0.6 is 22.6 Å². The van der Waals surface area contributed by atoms with Gasteiger partial charge in [0.2, 0.25) is 5.91 Å². The van der Waals surface area contributed by atoms with Crippen LogP contribution < -0.4 is 5.32 Å². The van der Waals surface area contributed by atoms with E-state index in [1.54, 1.807) is 0 Å². The molecule has 1 saturated heterocycles. The molecule has 38 heavy (non-hydrogen) atoms. The Balaban J connectivity index is 1.60. The second-order valence-electron chi connectivity index (χ2n) is 11.3. The van der Waals surface area contributed by atoms with Gasteiger partial charge in [0.15, 0.2) is 0 Å². The number of carbonyl (C=O) groups excluding carboxylic acids is 2. The van der Waals surface area contributed by atoms with Gasteiger partial charge in [-0.05, 0) is 75.6 Å². The second-order valence-corrected chi connectivity index (χ2v) is 12.4. The van der Waals surface area contributed by atoms with Crippen molar-refractivity contribution in [3.8, 4) is 22.4 Å². The Bertz CT molecular complexity index is 1310. The van der Waals surface area contributed by atoms with E-state index in [-0.39, 0.29) is 23.3 Å². The van der Waals surface area contributed by atoms with Crippen LogP contribution in [-0.4, -0.2) is 46.6 Å². The third kappa shape index (κ3) is 6.06. The number of ether oxygens (including phenoxy) is 1. The van der Waals surface area contributed by atoms with Crippen molar-refractivity contribution in [3.05, 3.63) is 63.6 Å². The van der Waals surface area contributed by atoms with Crippen molar-refractivity contribution in [2.24, 2.45) is 5.92 Å². The number of hydrogen-bond donors (Lipinski definition) is 2. The van der Waals surface area contributed by atoms with Crippen molar-refractivity contribution < 1.29 is 14.3 Å². The van der Waals surface area contributed by atoms with E-state index in [2.05, 4.69) is 96.1 Å². The molecule has 1 unspecified atom stereocenters. The Morgan fingerprint density at radius 2 is 1.92 bits per heavy atom. The largest absolute Gasteiger partial charge is 0.453 e. The lowest BCUT2D eigenvalue weighted by Crippen LogP contribution is -2.51. The van der Waals surface area contributed by atoms with Gasteiger partial charge >= 0.3 is 6.09 Å². The summed E-state index contributed by atoms with van der Waals surface area (Å²) in [5.41, 5.74) is 5.70. The van der Waals surface area contributed by atoms with Crippen LogP contribution in [0.4, 0.5) is 4.79 Å². The number of hydrogen-bond acceptors (Lipinski definition) is 4. The Morgan fingerprint density at radius 1 is 1.16 bits per heavy atom. The Labute approximate surface area is 238 Å². The van der Waals surface area contributed by atoms with Gasteiger partial charge in [-0.25, -0.2) is 9.78 Å². The number of nitrogens with zero attached hydrogens (tertiary/aromatic N) is 2. The first-order chi connectivity index (χ1) is 18.0. The molecule has 2 N–H and O–H groups in total. The van der Waals surface area contributed by atoms with E-state index >= 15 is 0 Å². The Kier molecular flexibility index (Phi) is 8.49. The minimum atomic E-state index is -0.653. The summed E-state index contributed by atoms with van der Waals surface area (Å²) < 4.78 is 5.92. The number of alkyl carbamates (subject to hydrolysis) is 1. The van der Waals surface area contributed by atoms with Crippen LogP contribution in [0.1, 0.15) is 64.9 Å². The zero-order valence-corrected chi connectivity index (χ0v) is 25.1. The monoisotopic (exact) mass is 628 g/mol. The zero-order chi connectivity index (χ0) is 27.6. The number of carbonyl (C=O) groups is 2. The quantitative estimate of drug-likeness (QED) is 0.298. The van der Waals surface area contributed by atoms with Crippen molar-refractivity contribution in [3.63, 3.8) is 0 Å². The lowest BCUT2D eigenvalue weighted by molar-refractivity contribution is -0.135. The van der Waals surface area contributed by atoms with Crippen LogP contribution in [0.15, 0.2) is 48.7 Å². The molecule has 202 valence electrons. The topological polar surface area (TPSA) is 87.3 Å². The highest BCUT2D eigenvalue weighted by molar-refractivity contribution is 14.1. The first-order valence-corrected chi connectivity index (χ1v) is 14.2. The van der Waals surface area contributed by atoms with Crippen molar-refractivity contribution in [2.45, 2.75) is 65.0 Å². The van der Waals surface area contributed by atoms with E-state index in [4.69, 9.17) is 9.72 Å². The minimum absolute atomic E-state index is 0.0722. The number of nitrogens with one attached hydrogen (secondary N) is 2. The van der Waals surface area contributed by atoms with Gasteiger partial charge in [-0.1, -0.05) is 65.0 Å². The van der Waals surface area contributed by atoms with Crippen LogP contribution in [-0.2, 0) is 14.9 Å². The number of aromatic amines is 1. The summed E-state index contributed by atoms with van der Waals surface area (Å²) in [4.78, 5) is 35.3. The van der Waals surface area contributed by atoms with Crippen molar-refractivity contribution in [1.29, 1.82) is 0 Å². The highest BCUT2D eigenvalue weighted by Crippen LogP contribution is 2.35. The maximum atomic E-state index is 13.4. The van der Waals surface area contributed by atoms with Gasteiger partial charge in [0.1, 0.15) is 11.9 Å².